The number of hydrogen-bond donors (Lipinski definition) is 2. The van der Waals surface area contributed by atoms with E-state index in [1.165, 1.54) is 6.07 Å². The van der Waals surface area contributed by atoms with E-state index in [1.807, 2.05) is 30.7 Å². The van der Waals surface area contributed by atoms with Crippen molar-refractivity contribution in [3.63, 3.8) is 0 Å². The van der Waals surface area contributed by atoms with E-state index in [1.54, 1.807) is 6.07 Å². The number of fused-ring (bicyclic) bond motifs is 1. The van der Waals surface area contributed by atoms with E-state index in [-0.39, 0.29) is 5.82 Å². The highest BCUT2D eigenvalue weighted by Crippen LogP contribution is 2.28. The van der Waals surface area contributed by atoms with E-state index >= 15 is 0 Å². The predicted molar refractivity (Wildman–Crippen MR) is 108 cm³/mol. The number of nitrogens with zero attached hydrogens (tertiary/aromatic N) is 3. The van der Waals surface area contributed by atoms with E-state index in [2.05, 4.69) is 37.3 Å². The van der Waals surface area contributed by atoms with E-state index in [0.717, 1.165) is 53.7 Å². The first kappa shape index (κ1) is 17.1. The molecule has 0 bridgehead atoms. The minimum absolute atomic E-state index is 0.177. The van der Waals surface area contributed by atoms with Crippen LogP contribution in [-0.4, -0.2) is 32.8 Å². The van der Waals surface area contributed by atoms with E-state index < -0.39 is 0 Å². The maximum atomic E-state index is 14.1. The lowest BCUT2D eigenvalue weighted by Gasteiger charge is -2.22. The smallest absolute Gasteiger partial charge is 0.137 e. The van der Waals surface area contributed by atoms with Crippen LogP contribution >= 0.6 is 0 Å². The molecule has 0 atom stereocenters. The molecule has 5 rings (SSSR count). The minimum atomic E-state index is -0.177. The van der Waals surface area contributed by atoms with E-state index in [9.17, 15) is 4.39 Å². The molecule has 2 N–H and O–H groups in total. The summed E-state index contributed by atoms with van der Waals surface area (Å²) in [6.07, 6.45) is 10.6. The number of halogens is 1. The summed E-state index contributed by atoms with van der Waals surface area (Å²) in [6, 6.07) is 9.49. The fraction of sp³-hybridized carbons (Fsp3) is 0.273. The number of nitrogens with one attached hydrogen (secondary N) is 2. The molecule has 0 saturated carbocycles. The summed E-state index contributed by atoms with van der Waals surface area (Å²) < 4.78 is 16.1. The monoisotopic (exact) mass is 375 g/mol. The molecule has 5 nitrogen and oxygen atoms in total. The van der Waals surface area contributed by atoms with Crippen LogP contribution in [0.1, 0.15) is 30.0 Å². The predicted octanol–water partition coefficient (Wildman–Crippen LogP) is 4.08. The third kappa shape index (κ3) is 3.20. The maximum absolute atomic E-state index is 14.1. The van der Waals surface area contributed by atoms with Crippen LogP contribution in [0.4, 0.5) is 4.39 Å². The number of aromatic amines is 1. The molecular weight excluding hydrogens is 353 g/mol. The molecule has 142 valence electrons. The normalized spacial score (nSPS) is 15.3. The zero-order chi connectivity index (χ0) is 18.9. The molecule has 4 heterocycles. The Kier molecular flexibility index (Phi) is 4.41. The van der Waals surface area contributed by atoms with Gasteiger partial charge < -0.3 is 10.3 Å². The molecule has 6 heteroatoms. The van der Waals surface area contributed by atoms with Crippen LogP contribution in [-0.2, 0) is 6.42 Å². The Hall–Kier alpha value is -2.99. The molecule has 1 saturated heterocycles. The Labute approximate surface area is 162 Å². The van der Waals surface area contributed by atoms with Crippen molar-refractivity contribution in [2.24, 2.45) is 0 Å². The summed E-state index contributed by atoms with van der Waals surface area (Å²) in [7, 11) is 0. The van der Waals surface area contributed by atoms with Crippen LogP contribution < -0.4 is 5.32 Å². The first-order valence-corrected chi connectivity index (χ1v) is 9.72. The highest BCUT2D eigenvalue weighted by atomic mass is 19.1. The van der Waals surface area contributed by atoms with E-state index in [4.69, 9.17) is 0 Å². The molecule has 0 spiro atoms. The molecule has 4 aromatic rings. The van der Waals surface area contributed by atoms with E-state index in [0.29, 0.717) is 18.0 Å². The third-order valence-electron chi connectivity index (χ3n) is 5.57. The summed E-state index contributed by atoms with van der Waals surface area (Å²) in [6.45, 7) is 2.08. The fourth-order valence-corrected chi connectivity index (χ4v) is 3.97. The fourth-order valence-electron chi connectivity index (χ4n) is 3.97. The van der Waals surface area contributed by atoms with Crippen LogP contribution in [0.15, 0.2) is 55.1 Å². The summed E-state index contributed by atoms with van der Waals surface area (Å²) in [5.74, 6) is -0.177. The van der Waals surface area contributed by atoms with Gasteiger partial charge in [0.15, 0.2) is 0 Å². The van der Waals surface area contributed by atoms with Gasteiger partial charge in [-0.1, -0.05) is 18.2 Å². The molecule has 1 aromatic carbocycles. The molecule has 0 amide bonds. The summed E-state index contributed by atoms with van der Waals surface area (Å²) in [4.78, 5) is 7.77. The van der Waals surface area contributed by atoms with Crippen LogP contribution in [0.5, 0.6) is 0 Å². The number of pyridine rings is 1. The van der Waals surface area contributed by atoms with Crippen LogP contribution in [0.25, 0.3) is 22.2 Å². The van der Waals surface area contributed by atoms with Crippen molar-refractivity contribution >= 4 is 11.0 Å². The minimum Gasteiger partial charge on any atom is -0.346 e. The molecule has 3 aromatic heterocycles. The van der Waals surface area contributed by atoms with Gasteiger partial charge >= 0.3 is 0 Å². The molecule has 0 radical (unpaired) electrons. The lowest BCUT2D eigenvalue weighted by molar-refractivity contribution is 0.343. The van der Waals surface area contributed by atoms with Crippen molar-refractivity contribution in [2.45, 2.75) is 25.3 Å². The number of aromatic nitrogens is 4. The molecule has 1 aliphatic rings. The van der Waals surface area contributed by atoms with Gasteiger partial charge in [-0.2, -0.15) is 5.10 Å². The Morgan fingerprint density at radius 2 is 1.93 bits per heavy atom. The second kappa shape index (κ2) is 7.20. The molecule has 1 fully saturated rings. The maximum Gasteiger partial charge on any atom is 0.137 e. The van der Waals surface area contributed by atoms with Crippen LogP contribution in [0.2, 0.25) is 0 Å². The lowest BCUT2D eigenvalue weighted by Crippen LogP contribution is -2.29. The Morgan fingerprint density at radius 1 is 1.07 bits per heavy atom. The molecule has 0 aliphatic carbocycles. The average molecular weight is 375 g/mol. The number of piperidine rings is 1. The highest BCUT2D eigenvalue weighted by molar-refractivity contribution is 5.84. The Balaban J connectivity index is 1.46. The second-order valence-electron chi connectivity index (χ2n) is 7.39. The first-order valence-electron chi connectivity index (χ1n) is 9.72. The van der Waals surface area contributed by atoms with Gasteiger partial charge in [0.1, 0.15) is 11.5 Å². The van der Waals surface area contributed by atoms with Crippen molar-refractivity contribution in [1.29, 1.82) is 0 Å². The molecule has 1 aliphatic heterocycles. The third-order valence-corrected chi connectivity index (χ3v) is 5.57. The van der Waals surface area contributed by atoms with Crippen molar-refractivity contribution in [1.82, 2.24) is 25.1 Å². The standard InChI is InChI=1S/C22H22FN5/c23-21-4-2-1-3-15(21)9-17-12-26-22-20(17)10-16(11-25-22)18-13-27-28(14-18)19-5-7-24-8-6-19/h1-4,10-14,19,24H,5-9H2,(H,25,26). The molecule has 28 heavy (non-hydrogen) atoms. The van der Waals surface area contributed by atoms with Crippen LogP contribution in [0.3, 0.4) is 0 Å². The number of hydrogen-bond acceptors (Lipinski definition) is 3. The highest BCUT2D eigenvalue weighted by Gasteiger charge is 2.16. The number of H-pyrrole nitrogens is 1. The van der Waals surface area contributed by atoms with Crippen molar-refractivity contribution in [3.05, 3.63) is 72.1 Å². The van der Waals surface area contributed by atoms with Gasteiger partial charge in [-0.15, -0.1) is 0 Å². The number of rotatable bonds is 4. The van der Waals surface area contributed by atoms with Crippen molar-refractivity contribution in [2.75, 3.05) is 13.1 Å². The van der Waals surface area contributed by atoms with Gasteiger partial charge in [0.2, 0.25) is 0 Å². The largest absolute Gasteiger partial charge is 0.346 e. The Bertz CT molecular complexity index is 1110. The quantitative estimate of drug-likeness (QED) is 0.565. The lowest BCUT2D eigenvalue weighted by atomic mass is 10.0. The first-order chi connectivity index (χ1) is 13.8. The Morgan fingerprint density at radius 3 is 2.79 bits per heavy atom. The molecule has 0 unspecified atom stereocenters. The van der Waals surface area contributed by atoms with Gasteiger partial charge in [0.25, 0.3) is 0 Å². The van der Waals surface area contributed by atoms with Crippen molar-refractivity contribution in [3.8, 4) is 11.1 Å². The van der Waals surface area contributed by atoms with Crippen LogP contribution in [0, 0.1) is 5.82 Å². The molecular formula is C22H22FN5. The topological polar surface area (TPSA) is 58.5 Å². The number of benzene rings is 1. The zero-order valence-electron chi connectivity index (χ0n) is 15.5. The van der Waals surface area contributed by atoms with Crippen molar-refractivity contribution < 1.29 is 4.39 Å². The zero-order valence-corrected chi connectivity index (χ0v) is 15.5. The van der Waals surface area contributed by atoms with Gasteiger partial charge in [-0.25, -0.2) is 9.37 Å². The summed E-state index contributed by atoms with van der Waals surface area (Å²) >= 11 is 0. The summed E-state index contributed by atoms with van der Waals surface area (Å²) in [5, 5.41) is 9.00. The average Bonchev–Trinajstić information content (AvgIpc) is 3.38. The van der Waals surface area contributed by atoms with Gasteiger partial charge in [-0.3, -0.25) is 4.68 Å². The second-order valence-corrected chi connectivity index (χ2v) is 7.39. The van der Waals surface area contributed by atoms with Gasteiger partial charge in [0.05, 0.1) is 12.2 Å². The SMILES string of the molecule is Fc1ccccc1Cc1c[nH]c2ncc(-c3cnn(C4CCNCC4)c3)cc12. The van der Waals surface area contributed by atoms with Gasteiger partial charge in [0, 0.05) is 41.5 Å². The van der Waals surface area contributed by atoms with Gasteiger partial charge in [-0.05, 0) is 49.2 Å². The summed E-state index contributed by atoms with van der Waals surface area (Å²) in [5.41, 5.74) is 4.64.